The lowest BCUT2D eigenvalue weighted by atomic mass is 9.90. The maximum absolute atomic E-state index is 12.4. The molecule has 0 radical (unpaired) electrons. The summed E-state index contributed by atoms with van der Waals surface area (Å²) >= 11 is 1.38. The number of nitrogens with zero attached hydrogens (tertiary/aromatic N) is 2. The normalized spacial score (nSPS) is 12.0. The van der Waals surface area contributed by atoms with Crippen LogP contribution in [0.2, 0.25) is 0 Å². The van der Waals surface area contributed by atoms with Gasteiger partial charge in [-0.15, -0.1) is 11.3 Å². The molecule has 5 rings (SSSR count). The average molecular weight is 429 g/mol. The molecule has 0 saturated carbocycles. The second kappa shape index (κ2) is 7.70. The highest BCUT2D eigenvalue weighted by molar-refractivity contribution is 7.20. The molecule has 0 aliphatic heterocycles. The molecule has 0 fully saturated rings. The number of fused-ring (bicyclic) bond motifs is 4. The van der Waals surface area contributed by atoms with Crippen LogP contribution in [-0.4, -0.2) is 23.5 Å². The largest absolute Gasteiger partial charge is 0.452 e. The van der Waals surface area contributed by atoms with Crippen molar-refractivity contribution < 1.29 is 18.7 Å². The summed E-state index contributed by atoms with van der Waals surface area (Å²) in [4.78, 5) is 29.7. The van der Waals surface area contributed by atoms with Crippen LogP contribution in [-0.2, 0) is 22.4 Å². The fourth-order valence-corrected chi connectivity index (χ4v) is 4.98. The van der Waals surface area contributed by atoms with E-state index >= 15 is 0 Å². The maximum Gasteiger partial charge on any atom is 0.338 e. The van der Waals surface area contributed by atoms with Crippen molar-refractivity contribution in [1.82, 2.24) is 4.98 Å². The molecule has 2 aromatic heterocycles. The number of aromatic nitrogens is 1. The third-order valence-corrected chi connectivity index (χ3v) is 6.36. The topological polar surface area (TPSA) is 105 Å². The lowest BCUT2D eigenvalue weighted by molar-refractivity contribution is -0.119. The van der Waals surface area contributed by atoms with Crippen LogP contribution in [0.1, 0.15) is 27.0 Å². The zero-order valence-electron chi connectivity index (χ0n) is 16.2. The summed E-state index contributed by atoms with van der Waals surface area (Å²) in [6.45, 7) is -0.461. The van der Waals surface area contributed by atoms with Gasteiger partial charge in [0, 0.05) is 4.88 Å². The van der Waals surface area contributed by atoms with E-state index in [1.54, 1.807) is 12.1 Å². The summed E-state index contributed by atoms with van der Waals surface area (Å²) in [6, 6.07) is 15.0. The highest BCUT2D eigenvalue weighted by Crippen LogP contribution is 2.44. The van der Waals surface area contributed by atoms with E-state index in [1.807, 2.05) is 18.2 Å². The molecule has 2 aromatic carbocycles. The first-order chi connectivity index (χ1) is 15.1. The molecule has 1 aliphatic carbocycles. The number of hydrogen-bond acceptors (Lipinski definition) is 7. The van der Waals surface area contributed by atoms with Crippen molar-refractivity contribution in [3.8, 4) is 16.5 Å². The highest BCUT2D eigenvalue weighted by atomic mass is 32.1. The summed E-state index contributed by atoms with van der Waals surface area (Å²) in [5.74, 6) is -1.15. The molecule has 0 spiro atoms. The van der Waals surface area contributed by atoms with Crippen molar-refractivity contribution in [1.29, 1.82) is 5.26 Å². The molecule has 0 unspecified atom stereocenters. The van der Waals surface area contributed by atoms with Crippen LogP contribution >= 0.6 is 11.3 Å². The predicted octanol–water partition coefficient (Wildman–Crippen LogP) is 4.32. The fourth-order valence-electron chi connectivity index (χ4n) is 3.71. The highest BCUT2D eigenvalue weighted by Gasteiger charge is 2.25. The lowest BCUT2D eigenvalue weighted by Gasteiger charge is -2.15. The van der Waals surface area contributed by atoms with Crippen LogP contribution in [0.25, 0.3) is 21.5 Å². The molecule has 7 nitrogen and oxygen atoms in total. The SMILES string of the molecule is N#Cc1c(NC(=O)COC(=O)c2ccc3ncoc3c2)sc2c1CCc1ccccc1-2. The van der Waals surface area contributed by atoms with Crippen LogP contribution in [0.5, 0.6) is 0 Å². The second-order valence-electron chi connectivity index (χ2n) is 7.04. The third kappa shape index (κ3) is 3.45. The lowest BCUT2D eigenvalue weighted by Crippen LogP contribution is -2.20. The molecular weight excluding hydrogens is 414 g/mol. The van der Waals surface area contributed by atoms with Gasteiger partial charge in [-0.1, -0.05) is 24.3 Å². The van der Waals surface area contributed by atoms with Crippen molar-refractivity contribution in [3.05, 3.63) is 71.1 Å². The molecule has 1 aliphatic rings. The van der Waals surface area contributed by atoms with E-state index in [-0.39, 0.29) is 5.56 Å². The molecule has 4 aromatic rings. The van der Waals surface area contributed by atoms with Gasteiger partial charge in [-0.05, 0) is 47.7 Å². The van der Waals surface area contributed by atoms with Gasteiger partial charge in [0.2, 0.25) is 0 Å². The van der Waals surface area contributed by atoms with E-state index in [1.165, 1.54) is 29.4 Å². The summed E-state index contributed by atoms with van der Waals surface area (Å²) in [5, 5.41) is 12.9. The number of thiophene rings is 1. The molecule has 31 heavy (non-hydrogen) atoms. The number of rotatable bonds is 4. The van der Waals surface area contributed by atoms with Crippen molar-refractivity contribution in [2.45, 2.75) is 12.8 Å². The molecular formula is C23H15N3O4S. The van der Waals surface area contributed by atoms with Gasteiger partial charge in [0.25, 0.3) is 5.91 Å². The molecule has 152 valence electrons. The van der Waals surface area contributed by atoms with Crippen molar-refractivity contribution >= 4 is 39.3 Å². The molecule has 0 bridgehead atoms. The zero-order chi connectivity index (χ0) is 21.4. The minimum absolute atomic E-state index is 0.262. The molecule has 2 heterocycles. The van der Waals surface area contributed by atoms with Gasteiger partial charge in [0.15, 0.2) is 18.6 Å². The molecule has 0 saturated heterocycles. The number of esters is 1. The monoisotopic (exact) mass is 429 g/mol. The Labute approximate surface area is 180 Å². The van der Waals surface area contributed by atoms with Gasteiger partial charge < -0.3 is 14.5 Å². The number of aryl methyl sites for hydroxylation is 1. The maximum atomic E-state index is 12.4. The number of carbonyl (C=O) groups excluding carboxylic acids is 2. The van der Waals surface area contributed by atoms with E-state index in [9.17, 15) is 14.9 Å². The number of nitriles is 1. The van der Waals surface area contributed by atoms with E-state index in [0.717, 1.165) is 28.8 Å². The van der Waals surface area contributed by atoms with Crippen molar-refractivity contribution in [2.24, 2.45) is 0 Å². The molecule has 1 N–H and O–H groups in total. The predicted molar refractivity (Wildman–Crippen MR) is 115 cm³/mol. The number of anilines is 1. The summed E-state index contributed by atoms with van der Waals surface area (Å²) in [6.07, 6.45) is 2.90. The average Bonchev–Trinajstić information content (AvgIpc) is 3.40. The van der Waals surface area contributed by atoms with Gasteiger partial charge in [-0.25, -0.2) is 9.78 Å². The van der Waals surface area contributed by atoms with Crippen molar-refractivity contribution in [3.63, 3.8) is 0 Å². The van der Waals surface area contributed by atoms with E-state index in [4.69, 9.17) is 9.15 Å². The number of amides is 1. The van der Waals surface area contributed by atoms with Crippen LogP contribution in [0, 0.1) is 11.3 Å². The number of carbonyl (C=O) groups is 2. The van der Waals surface area contributed by atoms with Gasteiger partial charge in [0.05, 0.1) is 11.1 Å². The molecule has 8 heteroatoms. The number of hydrogen-bond donors (Lipinski definition) is 1. The third-order valence-electron chi connectivity index (χ3n) is 5.18. The first kappa shape index (κ1) is 19.0. The van der Waals surface area contributed by atoms with Gasteiger partial charge in [-0.3, -0.25) is 4.79 Å². The van der Waals surface area contributed by atoms with Crippen LogP contribution < -0.4 is 5.32 Å². The van der Waals surface area contributed by atoms with Crippen molar-refractivity contribution in [2.75, 3.05) is 11.9 Å². The standard InChI is InChI=1S/C23H15N3O4S/c24-10-17-16-7-5-13-3-1-2-4-15(13)21(16)31-22(17)26-20(27)11-29-23(28)14-6-8-18-19(9-14)30-12-25-18/h1-4,6,8-9,12H,5,7,11H2,(H,26,27). The number of oxazole rings is 1. The summed E-state index contributed by atoms with van der Waals surface area (Å²) in [5.41, 5.74) is 5.11. The van der Waals surface area contributed by atoms with E-state index in [0.29, 0.717) is 21.7 Å². The van der Waals surface area contributed by atoms with Crippen LogP contribution in [0.3, 0.4) is 0 Å². The second-order valence-corrected chi connectivity index (χ2v) is 8.06. The Morgan fingerprint density at radius 2 is 2.10 bits per heavy atom. The Hall–Kier alpha value is -3.96. The minimum atomic E-state index is -0.645. The molecule has 0 atom stereocenters. The molecule has 1 amide bonds. The van der Waals surface area contributed by atoms with Gasteiger partial charge >= 0.3 is 5.97 Å². The van der Waals surface area contributed by atoms with Crippen LogP contribution in [0.4, 0.5) is 5.00 Å². The first-order valence-corrected chi connectivity index (χ1v) is 10.4. The van der Waals surface area contributed by atoms with Crippen LogP contribution in [0.15, 0.2) is 53.3 Å². The summed E-state index contributed by atoms with van der Waals surface area (Å²) in [7, 11) is 0. The zero-order valence-corrected chi connectivity index (χ0v) is 17.0. The minimum Gasteiger partial charge on any atom is -0.452 e. The first-order valence-electron chi connectivity index (χ1n) is 9.58. The Bertz CT molecular complexity index is 1380. The van der Waals surface area contributed by atoms with Gasteiger partial charge in [-0.2, -0.15) is 5.26 Å². The quantitative estimate of drug-likeness (QED) is 0.484. The Morgan fingerprint density at radius 1 is 1.23 bits per heavy atom. The fraction of sp³-hybridized carbons (Fsp3) is 0.130. The Morgan fingerprint density at radius 3 is 2.97 bits per heavy atom. The Balaban J connectivity index is 1.30. The van der Waals surface area contributed by atoms with Gasteiger partial charge in [0.1, 0.15) is 16.6 Å². The van der Waals surface area contributed by atoms with E-state index in [2.05, 4.69) is 22.4 Å². The number of ether oxygens (including phenoxy) is 1. The van der Waals surface area contributed by atoms with E-state index < -0.39 is 18.5 Å². The summed E-state index contributed by atoms with van der Waals surface area (Å²) < 4.78 is 10.3. The number of nitrogens with one attached hydrogen (secondary N) is 1. The Kier molecular flexibility index (Phi) is 4.73. The smallest absolute Gasteiger partial charge is 0.338 e. The number of benzene rings is 2.